The Balaban J connectivity index is 3.12. The molecule has 0 radical (unpaired) electrons. The molecule has 19 heavy (non-hydrogen) atoms. The highest BCUT2D eigenvalue weighted by molar-refractivity contribution is 9.10. The Morgan fingerprint density at radius 3 is 2.47 bits per heavy atom. The third-order valence-electron chi connectivity index (χ3n) is 2.22. The van der Waals surface area contributed by atoms with E-state index in [0.29, 0.717) is 12.5 Å². The number of alkyl halides is 3. The minimum Gasteiger partial charge on any atom is -0.330 e. The van der Waals surface area contributed by atoms with E-state index in [2.05, 4.69) is 20.7 Å². The highest BCUT2D eigenvalue weighted by atomic mass is 79.9. The molecule has 1 rings (SSSR count). The van der Waals surface area contributed by atoms with Crippen molar-refractivity contribution in [2.75, 3.05) is 13.1 Å². The van der Waals surface area contributed by atoms with Crippen molar-refractivity contribution >= 4 is 26.0 Å². The molecule has 0 unspecified atom stereocenters. The van der Waals surface area contributed by atoms with Crippen LogP contribution in [0.1, 0.15) is 12.0 Å². The second-order valence-corrected chi connectivity index (χ2v) is 6.27. The summed E-state index contributed by atoms with van der Waals surface area (Å²) < 4.78 is 63.6. The normalized spacial score (nSPS) is 12.7. The van der Waals surface area contributed by atoms with Gasteiger partial charge in [0, 0.05) is 11.0 Å². The van der Waals surface area contributed by atoms with Gasteiger partial charge in [-0.25, -0.2) is 13.1 Å². The number of nitrogens with two attached hydrogens (primary N) is 1. The maximum absolute atomic E-state index is 12.5. The number of nitrogens with one attached hydrogen (secondary N) is 1. The molecule has 1 aromatic carbocycles. The fourth-order valence-corrected chi connectivity index (χ4v) is 3.33. The first-order valence-corrected chi connectivity index (χ1v) is 7.52. The van der Waals surface area contributed by atoms with Gasteiger partial charge in [-0.1, -0.05) is 0 Å². The predicted octanol–water partition coefficient (Wildman–Crippen LogP) is 2.10. The molecule has 0 aliphatic heterocycles. The number of sulfonamides is 1. The lowest BCUT2D eigenvalue weighted by atomic mass is 10.2. The van der Waals surface area contributed by atoms with Gasteiger partial charge in [-0.05, 0) is 47.1 Å². The Hall–Kier alpha value is -0.640. The first-order chi connectivity index (χ1) is 8.68. The van der Waals surface area contributed by atoms with Gasteiger partial charge in [0.15, 0.2) is 0 Å². The third-order valence-corrected chi connectivity index (χ3v) is 4.68. The Labute approximate surface area is 117 Å². The van der Waals surface area contributed by atoms with Crippen LogP contribution < -0.4 is 10.5 Å². The fourth-order valence-electron chi connectivity index (χ4n) is 1.27. The van der Waals surface area contributed by atoms with E-state index in [1.807, 2.05) is 0 Å². The topological polar surface area (TPSA) is 72.2 Å². The van der Waals surface area contributed by atoms with Crippen molar-refractivity contribution in [2.24, 2.45) is 5.73 Å². The van der Waals surface area contributed by atoms with Crippen LogP contribution in [0.25, 0.3) is 0 Å². The smallest absolute Gasteiger partial charge is 0.330 e. The second kappa shape index (κ2) is 6.21. The maximum Gasteiger partial charge on any atom is 0.416 e. The lowest BCUT2D eigenvalue weighted by Gasteiger charge is -2.11. The van der Waals surface area contributed by atoms with Crippen molar-refractivity contribution in [1.29, 1.82) is 0 Å². The molecule has 0 spiro atoms. The average Bonchev–Trinajstić information content (AvgIpc) is 2.27. The molecule has 0 atom stereocenters. The van der Waals surface area contributed by atoms with Crippen LogP contribution in [-0.4, -0.2) is 21.5 Å². The molecule has 0 aromatic heterocycles. The van der Waals surface area contributed by atoms with Gasteiger partial charge in [0.25, 0.3) is 0 Å². The Morgan fingerprint density at radius 1 is 1.32 bits per heavy atom. The van der Waals surface area contributed by atoms with Crippen LogP contribution in [0.3, 0.4) is 0 Å². The number of rotatable bonds is 5. The monoisotopic (exact) mass is 360 g/mol. The van der Waals surface area contributed by atoms with Crippen LogP contribution in [0.15, 0.2) is 27.6 Å². The highest BCUT2D eigenvalue weighted by Gasteiger charge is 2.32. The van der Waals surface area contributed by atoms with Gasteiger partial charge in [0.1, 0.15) is 0 Å². The summed E-state index contributed by atoms with van der Waals surface area (Å²) >= 11 is 2.93. The molecule has 0 heterocycles. The van der Waals surface area contributed by atoms with E-state index in [1.54, 1.807) is 0 Å². The van der Waals surface area contributed by atoms with Crippen molar-refractivity contribution in [3.05, 3.63) is 28.2 Å². The van der Waals surface area contributed by atoms with E-state index in [9.17, 15) is 21.6 Å². The summed E-state index contributed by atoms with van der Waals surface area (Å²) in [5, 5.41) is 0. The van der Waals surface area contributed by atoms with E-state index in [0.717, 1.165) is 12.1 Å². The van der Waals surface area contributed by atoms with Gasteiger partial charge >= 0.3 is 6.18 Å². The lowest BCUT2D eigenvalue weighted by Crippen LogP contribution is -2.26. The summed E-state index contributed by atoms with van der Waals surface area (Å²) in [6.07, 6.45) is -4.20. The molecular formula is C10H12BrF3N2O2S. The predicted molar refractivity (Wildman–Crippen MR) is 68.0 cm³/mol. The third kappa shape index (κ3) is 4.44. The molecule has 0 bridgehead atoms. The van der Waals surface area contributed by atoms with Crippen molar-refractivity contribution in [1.82, 2.24) is 4.72 Å². The molecule has 4 nitrogen and oxygen atoms in total. The van der Waals surface area contributed by atoms with Crippen LogP contribution in [0, 0.1) is 0 Å². The number of hydrogen-bond donors (Lipinski definition) is 2. The van der Waals surface area contributed by atoms with Crippen LogP contribution in [0.2, 0.25) is 0 Å². The Kier molecular flexibility index (Phi) is 5.36. The minimum absolute atomic E-state index is 0.0701. The van der Waals surface area contributed by atoms with Gasteiger partial charge < -0.3 is 5.73 Å². The number of hydrogen-bond acceptors (Lipinski definition) is 3. The number of benzene rings is 1. The molecule has 0 amide bonds. The van der Waals surface area contributed by atoms with Gasteiger partial charge in [-0.2, -0.15) is 13.2 Å². The Morgan fingerprint density at radius 2 is 1.95 bits per heavy atom. The largest absolute Gasteiger partial charge is 0.416 e. The van der Waals surface area contributed by atoms with E-state index >= 15 is 0 Å². The fraction of sp³-hybridized carbons (Fsp3) is 0.400. The summed E-state index contributed by atoms with van der Waals surface area (Å²) in [5.41, 5.74) is 4.20. The molecule has 0 saturated carbocycles. The zero-order valence-corrected chi connectivity index (χ0v) is 12.1. The molecule has 0 saturated heterocycles. The van der Waals surface area contributed by atoms with Crippen LogP contribution in [-0.2, 0) is 16.2 Å². The van der Waals surface area contributed by atoms with E-state index < -0.39 is 26.7 Å². The molecule has 3 N–H and O–H groups in total. The molecule has 1 aromatic rings. The summed E-state index contributed by atoms with van der Waals surface area (Å²) in [6.45, 7) is 0.355. The van der Waals surface area contributed by atoms with Crippen LogP contribution in [0.4, 0.5) is 13.2 Å². The first kappa shape index (κ1) is 16.4. The SMILES string of the molecule is NCCCNS(=O)(=O)c1cc(C(F)(F)F)ccc1Br. The summed E-state index contributed by atoms with van der Waals surface area (Å²) in [6, 6.07) is 2.46. The molecular weight excluding hydrogens is 349 g/mol. The van der Waals surface area contributed by atoms with Crippen LogP contribution >= 0.6 is 15.9 Å². The summed E-state index contributed by atoms with van der Waals surface area (Å²) in [4.78, 5) is -0.445. The molecule has 0 fully saturated rings. The lowest BCUT2D eigenvalue weighted by molar-refractivity contribution is -0.137. The van der Waals surface area contributed by atoms with Crippen molar-refractivity contribution in [3.63, 3.8) is 0 Å². The maximum atomic E-state index is 12.5. The minimum atomic E-state index is -4.60. The standard InChI is InChI=1S/C10H12BrF3N2O2S/c11-8-3-2-7(10(12,13)14)6-9(8)19(17,18)16-5-1-4-15/h2-3,6,16H,1,4-5,15H2. The molecule has 0 aliphatic carbocycles. The Bertz CT molecular complexity index is 546. The summed E-state index contributed by atoms with van der Waals surface area (Å²) in [5.74, 6) is 0. The highest BCUT2D eigenvalue weighted by Crippen LogP contribution is 2.33. The van der Waals surface area contributed by atoms with E-state index in [-0.39, 0.29) is 17.6 Å². The van der Waals surface area contributed by atoms with Gasteiger partial charge in [0.2, 0.25) is 10.0 Å². The zero-order valence-electron chi connectivity index (χ0n) is 9.67. The first-order valence-electron chi connectivity index (χ1n) is 5.25. The van der Waals surface area contributed by atoms with Crippen molar-refractivity contribution in [3.8, 4) is 0 Å². The van der Waals surface area contributed by atoms with E-state index in [4.69, 9.17) is 5.73 Å². The summed E-state index contributed by atoms with van der Waals surface area (Å²) in [7, 11) is -4.00. The van der Waals surface area contributed by atoms with Crippen LogP contribution in [0.5, 0.6) is 0 Å². The van der Waals surface area contributed by atoms with Gasteiger partial charge in [0.05, 0.1) is 10.5 Å². The molecule has 0 aliphatic rings. The second-order valence-electron chi connectivity index (χ2n) is 3.68. The van der Waals surface area contributed by atoms with Crippen molar-refractivity contribution < 1.29 is 21.6 Å². The quantitative estimate of drug-likeness (QED) is 0.789. The average molecular weight is 361 g/mol. The van der Waals surface area contributed by atoms with Crippen molar-refractivity contribution in [2.45, 2.75) is 17.5 Å². The van der Waals surface area contributed by atoms with Gasteiger partial charge in [-0.15, -0.1) is 0 Å². The van der Waals surface area contributed by atoms with Gasteiger partial charge in [-0.3, -0.25) is 0 Å². The number of halogens is 4. The van der Waals surface area contributed by atoms with E-state index in [1.165, 1.54) is 0 Å². The molecule has 108 valence electrons. The molecule has 9 heteroatoms. The zero-order chi connectivity index (χ0) is 14.7.